The maximum Gasteiger partial charge on any atom is 0.180 e. The van der Waals surface area contributed by atoms with Gasteiger partial charge in [0, 0.05) is 23.2 Å². The lowest BCUT2D eigenvalue weighted by Crippen LogP contribution is -2.43. The number of aliphatic hydroxyl groups excluding tert-OH is 1. The van der Waals surface area contributed by atoms with Crippen LogP contribution in [-0.4, -0.2) is 34.2 Å². The standard InChI is InChI=1S/C9H17N3OS/c1-9(2,6-13)12(3)5-7-4-11-8(10)14-7/h4,13H,5-6H2,1-3H3,(H2,10,11). The van der Waals surface area contributed by atoms with Crippen molar-refractivity contribution in [3.63, 3.8) is 0 Å². The lowest BCUT2D eigenvalue weighted by atomic mass is 10.1. The maximum absolute atomic E-state index is 9.17. The monoisotopic (exact) mass is 215 g/mol. The molecule has 0 aliphatic heterocycles. The Morgan fingerprint density at radius 1 is 1.64 bits per heavy atom. The Bertz CT molecular complexity index is 298. The number of hydrogen-bond acceptors (Lipinski definition) is 5. The van der Waals surface area contributed by atoms with Crippen molar-refractivity contribution < 1.29 is 5.11 Å². The largest absolute Gasteiger partial charge is 0.394 e. The van der Waals surface area contributed by atoms with Gasteiger partial charge in [0.2, 0.25) is 0 Å². The summed E-state index contributed by atoms with van der Waals surface area (Å²) in [4.78, 5) is 7.19. The van der Waals surface area contributed by atoms with E-state index >= 15 is 0 Å². The quantitative estimate of drug-likeness (QED) is 0.784. The summed E-state index contributed by atoms with van der Waals surface area (Å²) in [6, 6.07) is 0. The smallest absolute Gasteiger partial charge is 0.180 e. The number of nitrogen functional groups attached to an aromatic ring is 1. The van der Waals surface area contributed by atoms with E-state index in [2.05, 4.69) is 9.88 Å². The third-order valence-corrected chi connectivity index (χ3v) is 3.20. The number of nitrogens with two attached hydrogens (primary N) is 1. The van der Waals surface area contributed by atoms with Crippen molar-refractivity contribution in [2.75, 3.05) is 19.4 Å². The van der Waals surface area contributed by atoms with Crippen molar-refractivity contribution in [2.45, 2.75) is 25.9 Å². The van der Waals surface area contributed by atoms with E-state index in [1.54, 1.807) is 6.20 Å². The van der Waals surface area contributed by atoms with Crippen LogP contribution in [-0.2, 0) is 6.54 Å². The van der Waals surface area contributed by atoms with Crippen molar-refractivity contribution in [2.24, 2.45) is 0 Å². The van der Waals surface area contributed by atoms with Crippen LogP contribution in [0.25, 0.3) is 0 Å². The molecule has 0 bridgehead atoms. The van der Waals surface area contributed by atoms with Gasteiger partial charge in [-0.3, -0.25) is 4.90 Å². The van der Waals surface area contributed by atoms with Crippen molar-refractivity contribution in [1.29, 1.82) is 0 Å². The van der Waals surface area contributed by atoms with E-state index in [1.165, 1.54) is 11.3 Å². The van der Waals surface area contributed by atoms with Crippen molar-refractivity contribution in [1.82, 2.24) is 9.88 Å². The molecule has 0 unspecified atom stereocenters. The van der Waals surface area contributed by atoms with Crippen LogP contribution < -0.4 is 5.73 Å². The van der Waals surface area contributed by atoms with E-state index in [1.807, 2.05) is 20.9 Å². The van der Waals surface area contributed by atoms with Gasteiger partial charge in [0.25, 0.3) is 0 Å². The molecule has 0 amide bonds. The van der Waals surface area contributed by atoms with Gasteiger partial charge in [0.05, 0.1) is 6.61 Å². The predicted octanol–water partition coefficient (Wildman–Crippen LogP) is 0.928. The van der Waals surface area contributed by atoms with Crippen LogP contribution in [0.15, 0.2) is 6.20 Å². The topological polar surface area (TPSA) is 62.4 Å². The molecule has 1 rings (SSSR count). The molecule has 0 aliphatic rings. The minimum Gasteiger partial charge on any atom is -0.394 e. The molecule has 14 heavy (non-hydrogen) atoms. The molecule has 1 heterocycles. The average molecular weight is 215 g/mol. The Kier molecular flexibility index (Phi) is 3.47. The second-order valence-electron chi connectivity index (χ2n) is 3.99. The molecule has 1 aromatic rings. The first kappa shape index (κ1) is 11.4. The molecule has 5 heteroatoms. The highest BCUT2D eigenvalue weighted by Crippen LogP contribution is 2.20. The minimum atomic E-state index is -0.210. The molecular formula is C9H17N3OS. The Labute approximate surface area is 88.4 Å². The SMILES string of the molecule is CN(Cc1cnc(N)s1)C(C)(C)CO. The summed E-state index contributed by atoms with van der Waals surface area (Å²) in [5.41, 5.74) is 5.33. The van der Waals surface area contributed by atoms with Gasteiger partial charge >= 0.3 is 0 Å². The van der Waals surface area contributed by atoms with E-state index in [-0.39, 0.29) is 12.1 Å². The van der Waals surface area contributed by atoms with Gasteiger partial charge in [-0.25, -0.2) is 4.98 Å². The molecule has 0 fully saturated rings. The third-order valence-electron chi connectivity index (χ3n) is 2.38. The number of nitrogens with zero attached hydrogens (tertiary/aromatic N) is 2. The number of aliphatic hydroxyl groups is 1. The Morgan fingerprint density at radius 2 is 2.29 bits per heavy atom. The first-order valence-corrected chi connectivity index (χ1v) is 5.29. The summed E-state index contributed by atoms with van der Waals surface area (Å²) in [5, 5.41) is 9.76. The number of hydrogen-bond donors (Lipinski definition) is 2. The van der Waals surface area contributed by atoms with Gasteiger partial charge in [-0.1, -0.05) is 0 Å². The van der Waals surface area contributed by atoms with Crippen LogP contribution >= 0.6 is 11.3 Å². The van der Waals surface area contributed by atoms with Gasteiger partial charge in [-0.05, 0) is 20.9 Å². The molecule has 0 saturated heterocycles. The van der Waals surface area contributed by atoms with Gasteiger partial charge in [0.15, 0.2) is 5.13 Å². The van der Waals surface area contributed by atoms with E-state index < -0.39 is 0 Å². The van der Waals surface area contributed by atoms with Crippen LogP contribution in [0.5, 0.6) is 0 Å². The highest BCUT2D eigenvalue weighted by Gasteiger charge is 2.22. The fraction of sp³-hybridized carbons (Fsp3) is 0.667. The highest BCUT2D eigenvalue weighted by molar-refractivity contribution is 7.15. The number of anilines is 1. The zero-order valence-electron chi connectivity index (χ0n) is 8.82. The van der Waals surface area contributed by atoms with Gasteiger partial charge in [-0.15, -0.1) is 11.3 Å². The van der Waals surface area contributed by atoms with E-state index in [4.69, 9.17) is 10.8 Å². The summed E-state index contributed by atoms with van der Waals surface area (Å²) in [6.45, 7) is 4.90. The average Bonchev–Trinajstić information content (AvgIpc) is 2.51. The molecule has 0 saturated carbocycles. The van der Waals surface area contributed by atoms with Crippen LogP contribution in [0.1, 0.15) is 18.7 Å². The van der Waals surface area contributed by atoms with E-state index in [0.717, 1.165) is 11.4 Å². The van der Waals surface area contributed by atoms with Crippen LogP contribution in [0, 0.1) is 0 Å². The maximum atomic E-state index is 9.17. The van der Waals surface area contributed by atoms with Crippen molar-refractivity contribution >= 4 is 16.5 Å². The second kappa shape index (κ2) is 4.25. The fourth-order valence-corrected chi connectivity index (χ4v) is 1.70. The van der Waals surface area contributed by atoms with Crippen LogP contribution in [0.3, 0.4) is 0 Å². The summed E-state index contributed by atoms with van der Waals surface area (Å²) >= 11 is 1.49. The normalized spacial score (nSPS) is 12.4. The van der Waals surface area contributed by atoms with Crippen molar-refractivity contribution in [3.8, 4) is 0 Å². The Hall–Kier alpha value is -0.650. The number of aromatic nitrogens is 1. The molecule has 3 N–H and O–H groups in total. The highest BCUT2D eigenvalue weighted by atomic mass is 32.1. The predicted molar refractivity (Wildman–Crippen MR) is 59.2 cm³/mol. The number of rotatable bonds is 4. The number of thiazole rings is 1. The van der Waals surface area contributed by atoms with Gasteiger partial charge < -0.3 is 10.8 Å². The van der Waals surface area contributed by atoms with Crippen molar-refractivity contribution in [3.05, 3.63) is 11.1 Å². The lowest BCUT2D eigenvalue weighted by molar-refractivity contribution is 0.0741. The molecule has 0 radical (unpaired) electrons. The third kappa shape index (κ3) is 2.67. The Morgan fingerprint density at radius 3 is 2.71 bits per heavy atom. The molecule has 80 valence electrons. The Balaban J connectivity index is 2.61. The summed E-state index contributed by atoms with van der Waals surface area (Å²) < 4.78 is 0. The fourth-order valence-electron chi connectivity index (χ4n) is 0.964. The van der Waals surface area contributed by atoms with Gasteiger partial charge in [-0.2, -0.15) is 0 Å². The van der Waals surface area contributed by atoms with Gasteiger partial charge in [0.1, 0.15) is 0 Å². The lowest BCUT2D eigenvalue weighted by Gasteiger charge is -2.33. The zero-order valence-corrected chi connectivity index (χ0v) is 9.64. The van der Waals surface area contributed by atoms with E-state index in [0.29, 0.717) is 5.13 Å². The molecule has 0 atom stereocenters. The number of likely N-dealkylation sites (N-methyl/N-ethyl adjacent to an activating group) is 1. The summed E-state index contributed by atoms with van der Waals surface area (Å²) in [6.07, 6.45) is 1.78. The van der Waals surface area contributed by atoms with Crippen LogP contribution in [0.4, 0.5) is 5.13 Å². The first-order chi connectivity index (χ1) is 6.45. The molecular weight excluding hydrogens is 198 g/mol. The second-order valence-corrected chi connectivity index (χ2v) is 5.14. The summed E-state index contributed by atoms with van der Waals surface area (Å²) in [7, 11) is 1.98. The van der Waals surface area contributed by atoms with E-state index in [9.17, 15) is 0 Å². The van der Waals surface area contributed by atoms with Crippen LogP contribution in [0.2, 0.25) is 0 Å². The molecule has 4 nitrogen and oxygen atoms in total. The zero-order chi connectivity index (χ0) is 10.8. The minimum absolute atomic E-state index is 0.137. The first-order valence-electron chi connectivity index (χ1n) is 4.48. The molecule has 0 spiro atoms. The molecule has 1 aromatic heterocycles. The molecule has 0 aromatic carbocycles. The summed E-state index contributed by atoms with van der Waals surface area (Å²) in [5.74, 6) is 0. The molecule has 0 aliphatic carbocycles.